The fourth-order valence-corrected chi connectivity index (χ4v) is 3.29. The molecule has 1 aliphatic carbocycles. The second-order valence-corrected chi connectivity index (χ2v) is 5.57. The molecule has 2 heteroatoms. The molecule has 1 aromatic rings. The molecule has 1 aromatic carbocycles. The summed E-state index contributed by atoms with van der Waals surface area (Å²) >= 11 is 3.64. The Labute approximate surface area is 105 Å². The van der Waals surface area contributed by atoms with Crippen LogP contribution in [0.15, 0.2) is 22.7 Å². The van der Waals surface area contributed by atoms with Crippen molar-refractivity contribution >= 4 is 21.7 Å². The van der Waals surface area contributed by atoms with Gasteiger partial charge in [0.1, 0.15) is 5.78 Å². The fourth-order valence-electron chi connectivity index (χ4n) is 2.54. The van der Waals surface area contributed by atoms with Gasteiger partial charge in [0, 0.05) is 10.9 Å². The van der Waals surface area contributed by atoms with Crippen LogP contribution in [0.5, 0.6) is 0 Å². The second kappa shape index (κ2) is 5.13. The van der Waals surface area contributed by atoms with Gasteiger partial charge in [-0.1, -0.05) is 40.9 Å². The van der Waals surface area contributed by atoms with E-state index >= 15 is 0 Å². The lowest BCUT2D eigenvalue weighted by Gasteiger charge is -2.12. The number of halogens is 1. The van der Waals surface area contributed by atoms with Crippen molar-refractivity contribution in [2.75, 3.05) is 0 Å². The average molecular weight is 281 g/mol. The smallest absolute Gasteiger partial charge is 0.134 e. The summed E-state index contributed by atoms with van der Waals surface area (Å²) in [6.45, 7) is 1.64. The Morgan fingerprint density at radius 3 is 2.62 bits per heavy atom. The highest BCUT2D eigenvalue weighted by molar-refractivity contribution is 9.10. The number of Topliss-reactive ketones (excluding diaryl/α,β-unsaturated/α-hetero) is 1. The van der Waals surface area contributed by atoms with Crippen LogP contribution in [0, 0.1) is 0 Å². The Balaban J connectivity index is 2.18. The quantitative estimate of drug-likeness (QED) is 0.810. The number of carbonyl (C=O) groups is 1. The minimum Gasteiger partial charge on any atom is -0.300 e. The summed E-state index contributed by atoms with van der Waals surface area (Å²) in [6, 6.07) is 6.40. The zero-order valence-electron chi connectivity index (χ0n) is 9.63. The normalized spacial score (nSPS) is 16.6. The number of benzene rings is 1. The molecule has 0 atom stereocenters. The Hall–Kier alpha value is -0.630. The number of hydrogen-bond donors (Lipinski definition) is 0. The van der Waals surface area contributed by atoms with E-state index < -0.39 is 0 Å². The van der Waals surface area contributed by atoms with Crippen LogP contribution in [0.4, 0.5) is 0 Å². The molecule has 1 saturated carbocycles. The summed E-state index contributed by atoms with van der Waals surface area (Å²) in [5, 5.41) is 0. The van der Waals surface area contributed by atoms with E-state index in [-0.39, 0.29) is 5.78 Å². The molecule has 0 amide bonds. The fraction of sp³-hybridized carbons (Fsp3) is 0.500. The Bertz CT molecular complexity index is 392. The average Bonchev–Trinajstić information content (AvgIpc) is 2.69. The van der Waals surface area contributed by atoms with Gasteiger partial charge in [0.05, 0.1) is 0 Å². The first-order valence-corrected chi connectivity index (χ1v) is 6.74. The van der Waals surface area contributed by atoms with E-state index in [1.54, 1.807) is 6.92 Å². The lowest BCUT2D eigenvalue weighted by Crippen LogP contribution is -1.99. The van der Waals surface area contributed by atoms with Crippen molar-refractivity contribution in [3.05, 3.63) is 33.8 Å². The molecule has 2 rings (SSSR count). The van der Waals surface area contributed by atoms with E-state index in [0.29, 0.717) is 6.42 Å². The summed E-state index contributed by atoms with van der Waals surface area (Å²) in [7, 11) is 0. The third-order valence-electron chi connectivity index (χ3n) is 3.31. The van der Waals surface area contributed by atoms with Crippen molar-refractivity contribution in [3.63, 3.8) is 0 Å². The molecule has 0 N–H and O–H groups in total. The van der Waals surface area contributed by atoms with Gasteiger partial charge in [-0.15, -0.1) is 0 Å². The minimum atomic E-state index is 0.223. The van der Waals surface area contributed by atoms with E-state index in [2.05, 4.69) is 34.1 Å². The van der Waals surface area contributed by atoms with Crippen LogP contribution in [0.2, 0.25) is 0 Å². The third-order valence-corrected chi connectivity index (χ3v) is 4.00. The van der Waals surface area contributed by atoms with Crippen molar-refractivity contribution in [1.29, 1.82) is 0 Å². The van der Waals surface area contributed by atoms with Crippen LogP contribution in [0.25, 0.3) is 0 Å². The van der Waals surface area contributed by atoms with E-state index in [4.69, 9.17) is 0 Å². The Morgan fingerprint density at radius 2 is 2.06 bits per heavy atom. The van der Waals surface area contributed by atoms with Gasteiger partial charge >= 0.3 is 0 Å². The predicted molar refractivity (Wildman–Crippen MR) is 69.7 cm³/mol. The zero-order valence-corrected chi connectivity index (χ0v) is 11.2. The lowest BCUT2D eigenvalue weighted by atomic mass is 9.96. The molecule has 0 aromatic heterocycles. The molecule has 1 aliphatic rings. The molecule has 0 spiro atoms. The maximum absolute atomic E-state index is 11.1. The Morgan fingerprint density at radius 1 is 1.38 bits per heavy atom. The van der Waals surface area contributed by atoms with Crippen molar-refractivity contribution in [3.8, 4) is 0 Å². The van der Waals surface area contributed by atoms with E-state index in [9.17, 15) is 4.79 Å². The van der Waals surface area contributed by atoms with E-state index in [1.165, 1.54) is 35.7 Å². The van der Waals surface area contributed by atoms with Gasteiger partial charge in [0.25, 0.3) is 0 Å². The molecule has 0 radical (unpaired) electrons. The summed E-state index contributed by atoms with van der Waals surface area (Å²) in [5.41, 5.74) is 2.53. The third kappa shape index (κ3) is 2.73. The number of ketones is 1. The van der Waals surface area contributed by atoms with Gasteiger partial charge < -0.3 is 0 Å². The number of carbonyl (C=O) groups excluding carboxylic acids is 1. The molecule has 0 heterocycles. The lowest BCUT2D eigenvalue weighted by molar-refractivity contribution is -0.116. The second-order valence-electron chi connectivity index (χ2n) is 4.72. The van der Waals surface area contributed by atoms with Crippen molar-refractivity contribution < 1.29 is 4.79 Å². The molecule has 1 fully saturated rings. The van der Waals surface area contributed by atoms with Crippen molar-refractivity contribution in [1.82, 2.24) is 0 Å². The van der Waals surface area contributed by atoms with Gasteiger partial charge in [-0.3, -0.25) is 4.79 Å². The van der Waals surface area contributed by atoms with Gasteiger partial charge in [-0.05, 0) is 42.9 Å². The van der Waals surface area contributed by atoms with Crippen LogP contribution in [0.3, 0.4) is 0 Å². The van der Waals surface area contributed by atoms with Crippen LogP contribution in [0.1, 0.15) is 49.7 Å². The van der Waals surface area contributed by atoms with Gasteiger partial charge in [-0.2, -0.15) is 0 Å². The van der Waals surface area contributed by atoms with Crippen LogP contribution in [-0.4, -0.2) is 5.78 Å². The number of rotatable bonds is 3. The largest absolute Gasteiger partial charge is 0.300 e. The maximum Gasteiger partial charge on any atom is 0.134 e. The summed E-state index contributed by atoms with van der Waals surface area (Å²) in [6.07, 6.45) is 5.87. The van der Waals surface area contributed by atoms with E-state index in [1.807, 2.05) is 0 Å². The van der Waals surface area contributed by atoms with Crippen LogP contribution >= 0.6 is 15.9 Å². The van der Waals surface area contributed by atoms with Crippen molar-refractivity contribution in [2.45, 2.75) is 44.9 Å². The standard InChI is InChI=1S/C14H17BrO/c1-10(16)8-11-6-7-13(14(15)9-11)12-4-2-3-5-12/h6-7,9,12H,2-5,8H2,1H3. The van der Waals surface area contributed by atoms with Gasteiger partial charge in [-0.25, -0.2) is 0 Å². The first-order chi connectivity index (χ1) is 7.66. The van der Waals surface area contributed by atoms with Gasteiger partial charge in [0.15, 0.2) is 0 Å². The highest BCUT2D eigenvalue weighted by Gasteiger charge is 2.19. The Kier molecular flexibility index (Phi) is 3.80. The van der Waals surface area contributed by atoms with Crippen LogP contribution in [-0.2, 0) is 11.2 Å². The molecule has 0 unspecified atom stereocenters. The highest BCUT2D eigenvalue weighted by Crippen LogP contribution is 2.37. The SMILES string of the molecule is CC(=O)Cc1ccc(C2CCCC2)c(Br)c1. The first-order valence-electron chi connectivity index (χ1n) is 5.94. The zero-order chi connectivity index (χ0) is 11.5. The molecule has 86 valence electrons. The summed E-state index contributed by atoms with van der Waals surface area (Å²) in [5.74, 6) is 0.946. The van der Waals surface area contributed by atoms with E-state index in [0.717, 1.165) is 11.5 Å². The minimum absolute atomic E-state index is 0.223. The summed E-state index contributed by atoms with van der Waals surface area (Å²) in [4.78, 5) is 11.1. The predicted octanol–water partition coefficient (Wildman–Crippen LogP) is 4.24. The topological polar surface area (TPSA) is 17.1 Å². The molecule has 0 aliphatic heterocycles. The molecule has 1 nitrogen and oxygen atoms in total. The van der Waals surface area contributed by atoms with Gasteiger partial charge in [0.2, 0.25) is 0 Å². The molecular weight excluding hydrogens is 264 g/mol. The molecule has 16 heavy (non-hydrogen) atoms. The summed E-state index contributed by atoms with van der Waals surface area (Å²) < 4.78 is 1.18. The molecule has 0 saturated heterocycles. The monoisotopic (exact) mass is 280 g/mol. The molecular formula is C14H17BrO. The molecule has 0 bridgehead atoms. The van der Waals surface area contributed by atoms with Crippen molar-refractivity contribution in [2.24, 2.45) is 0 Å². The van der Waals surface area contributed by atoms with Crippen LogP contribution < -0.4 is 0 Å². The highest BCUT2D eigenvalue weighted by atomic mass is 79.9. The maximum atomic E-state index is 11.1. The first kappa shape index (κ1) is 11.8. The number of hydrogen-bond acceptors (Lipinski definition) is 1.